The van der Waals surface area contributed by atoms with Crippen LogP contribution in [0.4, 0.5) is 0 Å². The van der Waals surface area contributed by atoms with E-state index in [4.69, 9.17) is 4.74 Å². The van der Waals surface area contributed by atoms with Crippen LogP contribution in [-0.4, -0.2) is 45.8 Å². The lowest BCUT2D eigenvalue weighted by molar-refractivity contribution is 0.177. The summed E-state index contributed by atoms with van der Waals surface area (Å²) in [4.78, 5) is 4.09. The first-order chi connectivity index (χ1) is 14.9. The molecule has 2 aromatic rings. The van der Waals surface area contributed by atoms with Crippen LogP contribution in [0.5, 0.6) is 5.75 Å². The summed E-state index contributed by atoms with van der Waals surface area (Å²) in [6, 6.07) is 15.2. The fourth-order valence-electron chi connectivity index (χ4n) is 3.71. The van der Waals surface area contributed by atoms with E-state index in [0.29, 0.717) is 30.7 Å². The third-order valence-electron chi connectivity index (χ3n) is 5.57. The summed E-state index contributed by atoms with van der Waals surface area (Å²) in [7, 11) is -3.50. The van der Waals surface area contributed by atoms with Crippen LogP contribution in [0.15, 0.2) is 58.3 Å². The molecule has 0 aromatic heterocycles. The summed E-state index contributed by atoms with van der Waals surface area (Å²) in [5.41, 5.74) is 1.37. The quantitative estimate of drug-likeness (QED) is 0.522. The van der Waals surface area contributed by atoms with Crippen LogP contribution >= 0.6 is 11.8 Å². The van der Waals surface area contributed by atoms with Crippen LogP contribution in [-0.2, 0) is 16.6 Å². The van der Waals surface area contributed by atoms with Crippen molar-refractivity contribution in [2.24, 2.45) is 11.8 Å². The van der Waals surface area contributed by atoms with Gasteiger partial charge in [0.05, 0.1) is 11.5 Å². The van der Waals surface area contributed by atoms with Crippen molar-refractivity contribution in [2.45, 2.75) is 43.0 Å². The van der Waals surface area contributed by atoms with Gasteiger partial charge in [-0.3, -0.25) is 4.90 Å². The lowest BCUT2D eigenvalue weighted by atomic mass is 9.97. The van der Waals surface area contributed by atoms with Gasteiger partial charge in [-0.1, -0.05) is 32.0 Å². The van der Waals surface area contributed by atoms with Crippen molar-refractivity contribution in [2.75, 3.05) is 32.5 Å². The number of piperidine rings is 1. The van der Waals surface area contributed by atoms with Crippen molar-refractivity contribution in [3.8, 4) is 5.75 Å². The Kier molecular flexibility index (Phi) is 8.84. The monoisotopic (exact) mass is 462 g/mol. The van der Waals surface area contributed by atoms with Gasteiger partial charge in [0.15, 0.2) is 0 Å². The van der Waals surface area contributed by atoms with E-state index in [-0.39, 0.29) is 4.90 Å². The zero-order chi connectivity index (χ0) is 22.3. The van der Waals surface area contributed by atoms with E-state index in [1.807, 2.05) is 0 Å². The summed E-state index contributed by atoms with van der Waals surface area (Å²) in [6.45, 7) is 8.22. The van der Waals surface area contributed by atoms with Gasteiger partial charge >= 0.3 is 0 Å². The summed E-state index contributed by atoms with van der Waals surface area (Å²) in [5, 5.41) is 0. The van der Waals surface area contributed by atoms with E-state index in [9.17, 15) is 8.42 Å². The van der Waals surface area contributed by atoms with Crippen molar-refractivity contribution in [1.29, 1.82) is 0 Å². The Labute approximate surface area is 191 Å². The highest BCUT2D eigenvalue weighted by molar-refractivity contribution is 7.98. The summed E-state index contributed by atoms with van der Waals surface area (Å²) < 4.78 is 33.8. The first kappa shape index (κ1) is 24.1. The van der Waals surface area contributed by atoms with Crippen LogP contribution in [0, 0.1) is 11.8 Å². The maximum absolute atomic E-state index is 12.7. The molecule has 3 rings (SSSR count). The van der Waals surface area contributed by atoms with E-state index in [2.05, 4.69) is 54.0 Å². The van der Waals surface area contributed by atoms with Crippen molar-refractivity contribution < 1.29 is 13.2 Å². The molecule has 7 heteroatoms. The molecule has 170 valence electrons. The van der Waals surface area contributed by atoms with Gasteiger partial charge in [-0.15, -0.1) is 11.8 Å². The normalized spacial score (nSPS) is 16.0. The second-order valence-electron chi connectivity index (χ2n) is 8.56. The molecule has 2 aromatic carbocycles. The number of ether oxygens (including phenoxy) is 1. The van der Waals surface area contributed by atoms with Crippen molar-refractivity contribution in [3.05, 3.63) is 54.1 Å². The first-order valence-electron chi connectivity index (χ1n) is 10.9. The molecule has 1 aliphatic rings. The number of hydrogen-bond donors (Lipinski definition) is 1. The number of benzene rings is 2. The molecule has 5 nitrogen and oxygen atoms in total. The molecule has 1 aliphatic heterocycles. The number of hydrogen-bond acceptors (Lipinski definition) is 5. The number of nitrogens with one attached hydrogen (secondary N) is 1. The zero-order valence-corrected chi connectivity index (χ0v) is 20.3. The Morgan fingerprint density at radius 1 is 1.10 bits per heavy atom. The Hall–Kier alpha value is -1.54. The zero-order valence-electron chi connectivity index (χ0n) is 18.7. The van der Waals surface area contributed by atoms with Gasteiger partial charge < -0.3 is 4.74 Å². The largest absolute Gasteiger partial charge is 0.493 e. The Bertz CT molecular complexity index is 922. The molecule has 0 bridgehead atoms. The predicted molar refractivity (Wildman–Crippen MR) is 128 cm³/mol. The fraction of sp³-hybridized carbons (Fsp3) is 0.500. The second-order valence-corrected chi connectivity index (χ2v) is 11.2. The molecule has 0 aliphatic carbocycles. The molecule has 0 atom stereocenters. The maximum atomic E-state index is 12.7. The van der Waals surface area contributed by atoms with Gasteiger partial charge in [0.25, 0.3) is 0 Å². The van der Waals surface area contributed by atoms with Crippen LogP contribution in [0.2, 0.25) is 0 Å². The second kappa shape index (κ2) is 11.4. The Balaban J connectivity index is 1.46. The molecule has 0 radical (unpaired) electrons. The molecule has 0 amide bonds. The standard InChI is InChI=1S/C24H34N2O3S2/c1-19(2)18-29-22-8-10-23(11-9-22)31(27,28)25-16-20-12-14-26(15-13-20)17-21-6-4-5-7-24(21)30-3/h4-11,19-20,25H,12-18H2,1-3H3. The van der Waals surface area contributed by atoms with Gasteiger partial charge in [-0.2, -0.15) is 0 Å². The van der Waals surface area contributed by atoms with E-state index >= 15 is 0 Å². The van der Waals surface area contributed by atoms with E-state index in [0.717, 1.165) is 32.5 Å². The minimum Gasteiger partial charge on any atom is -0.493 e. The minimum absolute atomic E-state index is 0.288. The summed E-state index contributed by atoms with van der Waals surface area (Å²) in [5.74, 6) is 1.50. The number of thioether (sulfide) groups is 1. The highest BCUT2D eigenvalue weighted by Gasteiger charge is 2.22. The number of nitrogens with zero attached hydrogens (tertiary/aromatic N) is 1. The van der Waals surface area contributed by atoms with E-state index in [1.54, 1.807) is 36.0 Å². The molecule has 1 saturated heterocycles. The molecule has 1 N–H and O–H groups in total. The molecule has 0 saturated carbocycles. The summed E-state index contributed by atoms with van der Waals surface area (Å²) in [6.07, 6.45) is 4.13. The molecule has 31 heavy (non-hydrogen) atoms. The van der Waals surface area contributed by atoms with Crippen molar-refractivity contribution in [1.82, 2.24) is 9.62 Å². The molecule has 0 spiro atoms. The number of rotatable bonds is 10. The van der Waals surface area contributed by atoms with E-state index < -0.39 is 10.0 Å². The van der Waals surface area contributed by atoms with Gasteiger partial charge in [0.1, 0.15) is 5.75 Å². The van der Waals surface area contributed by atoms with Crippen LogP contribution in [0.3, 0.4) is 0 Å². The SMILES string of the molecule is CSc1ccccc1CN1CCC(CNS(=O)(=O)c2ccc(OCC(C)C)cc2)CC1. The number of sulfonamides is 1. The highest BCUT2D eigenvalue weighted by Crippen LogP contribution is 2.24. The Morgan fingerprint density at radius 3 is 2.42 bits per heavy atom. The third kappa shape index (κ3) is 7.24. The van der Waals surface area contributed by atoms with Gasteiger partial charge in [-0.25, -0.2) is 13.1 Å². The average Bonchev–Trinajstić information content (AvgIpc) is 2.78. The van der Waals surface area contributed by atoms with Crippen molar-refractivity contribution >= 4 is 21.8 Å². The maximum Gasteiger partial charge on any atom is 0.240 e. The van der Waals surface area contributed by atoms with Crippen LogP contribution < -0.4 is 9.46 Å². The summed E-state index contributed by atoms with van der Waals surface area (Å²) >= 11 is 1.79. The lowest BCUT2D eigenvalue weighted by Gasteiger charge is -2.32. The minimum atomic E-state index is -3.50. The Morgan fingerprint density at radius 2 is 1.77 bits per heavy atom. The number of likely N-dealkylation sites (tertiary alicyclic amines) is 1. The topological polar surface area (TPSA) is 58.6 Å². The molecule has 1 fully saturated rings. The first-order valence-corrected chi connectivity index (χ1v) is 13.6. The van der Waals surface area contributed by atoms with Crippen molar-refractivity contribution in [3.63, 3.8) is 0 Å². The van der Waals surface area contributed by atoms with Gasteiger partial charge in [-0.05, 0) is 79.9 Å². The van der Waals surface area contributed by atoms with E-state index in [1.165, 1.54) is 10.5 Å². The third-order valence-corrected chi connectivity index (χ3v) is 7.85. The average molecular weight is 463 g/mol. The molecule has 1 heterocycles. The van der Waals surface area contributed by atoms with Gasteiger partial charge in [0.2, 0.25) is 10.0 Å². The van der Waals surface area contributed by atoms with Gasteiger partial charge in [0, 0.05) is 18.0 Å². The predicted octanol–water partition coefficient (Wildman–Crippen LogP) is 4.63. The fourth-order valence-corrected chi connectivity index (χ4v) is 5.44. The molecular formula is C24H34N2O3S2. The van der Waals surface area contributed by atoms with Crippen LogP contribution in [0.1, 0.15) is 32.3 Å². The van der Waals surface area contributed by atoms with Crippen LogP contribution in [0.25, 0.3) is 0 Å². The smallest absolute Gasteiger partial charge is 0.240 e. The lowest BCUT2D eigenvalue weighted by Crippen LogP contribution is -2.38. The molecule has 0 unspecified atom stereocenters. The molecular weight excluding hydrogens is 428 g/mol. The highest BCUT2D eigenvalue weighted by atomic mass is 32.2.